The molecule has 0 aliphatic rings. The van der Waals surface area contributed by atoms with Crippen LogP contribution in [0.3, 0.4) is 0 Å². The van der Waals surface area contributed by atoms with Crippen LogP contribution in [0, 0.1) is 11.7 Å². The van der Waals surface area contributed by atoms with Gasteiger partial charge in [0.2, 0.25) is 4.77 Å². The Bertz CT molecular complexity index is 777. The minimum Gasteiger partial charge on any atom is -0.358 e. The summed E-state index contributed by atoms with van der Waals surface area (Å²) < 4.78 is 2.00. The fourth-order valence-electron chi connectivity index (χ4n) is 1.91. The van der Waals surface area contributed by atoms with Crippen molar-refractivity contribution in [2.45, 2.75) is 6.92 Å². The predicted octanol–water partition coefficient (Wildman–Crippen LogP) is 2.61. The summed E-state index contributed by atoms with van der Waals surface area (Å²) in [5.74, 6) is 0. The van der Waals surface area contributed by atoms with E-state index in [9.17, 15) is 0 Å². The van der Waals surface area contributed by atoms with Gasteiger partial charge in [-0.1, -0.05) is 18.2 Å². The number of benzene rings is 1. The van der Waals surface area contributed by atoms with Gasteiger partial charge in [0.05, 0.1) is 6.21 Å². The molecule has 2 N–H and O–H groups in total. The van der Waals surface area contributed by atoms with Gasteiger partial charge >= 0.3 is 0 Å². The number of aryl methyl sites for hydroxylation is 1. The van der Waals surface area contributed by atoms with Gasteiger partial charge in [-0.15, -0.1) is 0 Å². The zero-order valence-corrected chi connectivity index (χ0v) is 10.5. The second kappa shape index (κ2) is 4.23. The SMILES string of the molecule is Cc1[nH]c2ccccc2c1/C=N\n1cn[nH]c1=S. The number of para-hydroxylation sites is 1. The van der Waals surface area contributed by atoms with Crippen LogP contribution in [-0.2, 0) is 0 Å². The van der Waals surface area contributed by atoms with Crippen LogP contribution in [0.25, 0.3) is 10.9 Å². The Morgan fingerprint density at radius 3 is 3.00 bits per heavy atom. The molecule has 0 bridgehead atoms. The van der Waals surface area contributed by atoms with Crippen LogP contribution in [0.4, 0.5) is 0 Å². The van der Waals surface area contributed by atoms with Crippen molar-refractivity contribution >= 4 is 29.3 Å². The number of hydrogen-bond acceptors (Lipinski definition) is 3. The molecule has 0 aliphatic carbocycles. The third-order valence-corrected chi connectivity index (χ3v) is 3.07. The first-order chi connectivity index (χ1) is 8.75. The molecule has 1 aromatic carbocycles. The van der Waals surface area contributed by atoms with Gasteiger partial charge in [0.25, 0.3) is 0 Å². The largest absolute Gasteiger partial charge is 0.358 e. The molecule has 0 fully saturated rings. The van der Waals surface area contributed by atoms with Crippen molar-refractivity contribution < 1.29 is 0 Å². The molecule has 0 saturated heterocycles. The number of rotatable bonds is 2. The van der Waals surface area contributed by atoms with Gasteiger partial charge in [0.1, 0.15) is 6.33 Å². The molecule has 0 amide bonds. The van der Waals surface area contributed by atoms with E-state index < -0.39 is 0 Å². The lowest BCUT2D eigenvalue weighted by Gasteiger charge is -1.93. The van der Waals surface area contributed by atoms with E-state index >= 15 is 0 Å². The van der Waals surface area contributed by atoms with E-state index in [-0.39, 0.29) is 0 Å². The first-order valence-electron chi connectivity index (χ1n) is 5.49. The molecule has 6 heteroatoms. The molecule has 2 heterocycles. The van der Waals surface area contributed by atoms with Crippen molar-refractivity contribution in [2.24, 2.45) is 5.10 Å². The smallest absolute Gasteiger partial charge is 0.216 e. The molecule has 0 radical (unpaired) electrons. The van der Waals surface area contributed by atoms with Crippen LogP contribution in [0.5, 0.6) is 0 Å². The van der Waals surface area contributed by atoms with Gasteiger partial charge < -0.3 is 4.98 Å². The monoisotopic (exact) mass is 257 g/mol. The normalized spacial score (nSPS) is 11.6. The number of aromatic nitrogens is 4. The van der Waals surface area contributed by atoms with Crippen LogP contribution < -0.4 is 0 Å². The second-order valence-corrected chi connectivity index (χ2v) is 4.35. The first kappa shape index (κ1) is 10.9. The predicted molar refractivity (Wildman–Crippen MR) is 73.4 cm³/mol. The van der Waals surface area contributed by atoms with Gasteiger partial charge in [-0.3, -0.25) is 5.10 Å². The van der Waals surface area contributed by atoms with E-state index in [1.54, 1.807) is 12.5 Å². The van der Waals surface area contributed by atoms with Gasteiger partial charge in [-0.25, -0.2) is 0 Å². The molecule has 90 valence electrons. The highest BCUT2D eigenvalue weighted by Gasteiger charge is 2.05. The third-order valence-electron chi connectivity index (χ3n) is 2.79. The summed E-state index contributed by atoms with van der Waals surface area (Å²) in [6.07, 6.45) is 3.34. The van der Waals surface area contributed by atoms with Crippen LogP contribution in [-0.4, -0.2) is 26.1 Å². The zero-order chi connectivity index (χ0) is 12.5. The molecule has 0 unspecified atom stereocenters. The lowest BCUT2D eigenvalue weighted by Crippen LogP contribution is -1.90. The summed E-state index contributed by atoms with van der Waals surface area (Å²) in [7, 11) is 0. The first-order valence-corrected chi connectivity index (χ1v) is 5.90. The average molecular weight is 257 g/mol. The van der Waals surface area contributed by atoms with E-state index in [0.717, 1.165) is 22.2 Å². The quantitative estimate of drug-likeness (QED) is 0.547. The minimum atomic E-state index is 0.476. The average Bonchev–Trinajstić information content (AvgIpc) is 2.90. The molecular weight excluding hydrogens is 246 g/mol. The lowest BCUT2D eigenvalue weighted by molar-refractivity contribution is 0.862. The van der Waals surface area contributed by atoms with Crippen molar-refractivity contribution in [3.8, 4) is 0 Å². The summed E-state index contributed by atoms with van der Waals surface area (Å²) in [6.45, 7) is 2.02. The maximum Gasteiger partial charge on any atom is 0.216 e. The molecule has 0 saturated carbocycles. The third kappa shape index (κ3) is 1.76. The molecule has 0 atom stereocenters. The molecule has 5 nitrogen and oxygen atoms in total. The topological polar surface area (TPSA) is 61.8 Å². The fraction of sp³-hybridized carbons (Fsp3) is 0.0833. The maximum absolute atomic E-state index is 5.03. The van der Waals surface area contributed by atoms with Crippen molar-refractivity contribution in [3.05, 3.63) is 46.6 Å². The van der Waals surface area contributed by atoms with Gasteiger partial charge in [0.15, 0.2) is 0 Å². The van der Waals surface area contributed by atoms with Crippen LogP contribution in [0.1, 0.15) is 11.3 Å². The second-order valence-electron chi connectivity index (χ2n) is 3.96. The van der Waals surface area contributed by atoms with Crippen LogP contribution in [0.2, 0.25) is 0 Å². The molecule has 2 aromatic heterocycles. The number of nitrogens with one attached hydrogen (secondary N) is 2. The van der Waals surface area contributed by atoms with E-state index in [0.29, 0.717) is 4.77 Å². The zero-order valence-electron chi connectivity index (χ0n) is 9.71. The summed E-state index contributed by atoms with van der Waals surface area (Å²) in [5, 5.41) is 11.9. The number of nitrogens with zero attached hydrogens (tertiary/aromatic N) is 3. The minimum absolute atomic E-state index is 0.476. The number of hydrogen-bond donors (Lipinski definition) is 2. The highest BCUT2D eigenvalue weighted by Crippen LogP contribution is 2.19. The molecule has 3 rings (SSSR count). The van der Waals surface area contributed by atoms with Crippen LogP contribution in [0.15, 0.2) is 35.7 Å². The molecule has 18 heavy (non-hydrogen) atoms. The molecule has 0 spiro atoms. The summed E-state index contributed by atoms with van der Waals surface area (Å²) >= 11 is 5.03. The van der Waals surface area contributed by atoms with Crippen molar-refractivity contribution in [2.75, 3.05) is 0 Å². The van der Waals surface area contributed by atoms with E-state index in [2.05, 4.69) is 26.3 Å². The Morgan fingerprint density at radius 1 is 1.39 bits per heavy atom. The van der Waals surface area contributed by atoms with E-state index in [1.807, 2.05) is 25.1 Å². The number of H-pyrrole nitrogens is 2. The number of fused-ring (bicyclic) bond motifs is 1. The molecular formula is C12H11N5S. The lowest BCUT2D eigenvalue weighted by atomic mass is 10.1. The Balaban J connectivity index is 2.10. The standard InChI is InChI=1S/C12H11N5S/c1-8-10(6-14-17-7-13-16-12(17)18)9-4-2-3-5-11(9)15-8/h2-7,15H,1H3,(H,16,18)/b14-6-. The van der Waals surface area contributed by atoms with E-state index in [1.165, 1.54) is 4.68 Å². The number of aromatic amines is 2. The summed E-state index contributed by atoms with van der Waals surface area (Å²) in [4.78, 5) is 3.32. The maximum atomic E-state index is 5.03. The highest BCUT2D eigenvalue weighted by molar-refractivity contribution is 7.71. The van der Waals surface area contributed by atoms with Gasteiger partial charge in [-0.05, 0) is 25.2 Å². The van der Waals surface area contributed by atoms with Crippen molar-refractivity contribution in [3.63, 3.8) is 0 Å². The Morgan fingerprint density at radius 2 is 2.22 bits per heavy atom. The Hall–Kier alpha value is -2.21. The summed E-state index contributed by atoms with van der Waals surface area (Å²) in [6, 6.07) is 8.12. The Labute approximate surface area is 108 Å². The van der Waals surface area contributed by atoms with E-state index in [4.69, 9.17) is 12.2 Å². The highest BCUT2D eigenvalue weighted by atomic mass is 32.1. The van der Waals surface area contributed by atoms with Crippen molar-refractivity contribution in [1.82, 2.24) is 19.9 Å². The fourth-order valence-corrected chi connectivity index (χ4v) is 2.06. The molecule has 0 aliphatic heterocycles. The van der Waals surface area contributed by atoms with Gasteiger partial charge in [0, 0.05) is 22.2 Å². The molecule has 3 aromatic rings. The van der Waals surface area contributed by atoms with Crippen LogP contribution >= 0.6 is 12.2 Å². The van der Waals surface area contributed by atoms with Gasteiger partial charge in [-0.2, -0.15) is 14.9 Å². The Kier molecular flexibility index (Phi) is 2.56. The summed E-state index contributed by atoms with van der Waals surface area (Å²) in [5.41, 5.74) is 3.25. The van der Waals surface area contributed by atoms with Crippen molar-refractivity contribution in [1.29, 1.82) is 0 Å².